The van der Waals surface area contributed by atoms with Crippen LogP contribution in [-0.4, -0.2) is 16.9 Å². The van der Waals surface area contributed by atoms with Gasteiger partial charge in [-0.15, -0.1) is 0 Å². The zero-order valence-electron chi connectivity index (χ0n) is 11.3. The molecule has 1 aromatic carbocycles. The highest BCUT2D eigenvalue weighted by atomic mass is 16.1. The van der Waals surface area contributed by atoms with Crippen molar-refractivity contribution in [3.63, 3.8) is 0 Å². The fourth-order valence-corrected chi connectivity index (χ4v) is 3.05. The highest BCUT2D eigenvalue weighted by Crippen LogP contribution is 2.27. The number of benzene rings is 1. The summed E-state index contributed by atoms with van der Waals surface area (Å²) in [5.41, 5.74) is 1.75. The number of rotatable bonds is 3. The van der Waals surface area contributed by atoms with Gasteiger partial charge in [0, 0.05) is 23.3 Å². The van der Waals surface area contributed by atoms with Crippen LogP contribution in [0.1, 0.15) is 43.0 Å². The van der Waals surface area contributed by atoms with Crippen molar-refractivity contribution < 1.29 is 4.79 Å². The molecule has 1 fully saturated rings. The van der Waals surface area contributed by atoms with Crippen LogP contribution in [0.3, 0.4) is 0 Å². The largest absolute Gasteiger partial charge is 0.361 e. The van der Waals surface area contributed by atoms with Gasteiger partial charge in [0.05, 0.1) is 0 Å². The Balaban J connectivity index is 1.71. The molecule has 2 aromatic rings. The van der Waals surface area contributed by atoms with Crippen LogP contribution in [-0.2, 0) is 0 Å². The molecule has 1 aliphatic carbocycles. The van der Waals surface area contributed by atoms with E-state index in [-0.39, 0.29) is 11.9 Å². The van der Waals surface area contributed by atoms with Crippen molar-refractivity contribution in [2.45, 2.75) is 38.6 Å². The molecule has 1 aromatic heterocycles. The Morgan fingerprint density at radius 3 is 2.89 bits per heavy atom. The number of hydrogen-bond acceptors (Lipinski definition) is 1. The van der Waals surface area contributed by atoms with E-state index in [1.807, 2.05) is 30.5 Å². The van der Waals surface area contributed by atoms with Crippen molar-refractivity contribution in [2.75, 3.05) is 0 Å². The summed E-state index contributed by atoms with van der Waals surface area (Å²) in [6, 6.07) is 8.09. The predicted molar refractivity (Wildman–Crippen MR) is 77.2 cm³/mol. The summed E-state index contributed by atoms with van der Waals surface area (Å²) in [4.78, 5) is 15.4. The highest BCUT2D eigenvalue weighted by molar-refractivity contribution is 5.98. The van der Waals surface area contributed by atoms with E-state index in [4.69, 9.17) is 0 Å². The third kappa shape index (κ3) is 2.50. The number of nitrogens with one attached hydrogen (secondary N) is 2. The van der Waals surface area contributed by atoms with E-state index < -0.39 is 0 Å². The SMILES string of the molecule is CC(NC(=O)c1ccc2cc[nH]c2c1)C1CCCC1. The standard InChI is InChI=1S/C16H20N2O/c1-11(12-4-2-3-5-12)18-16(19)14-7-6-13-8-9-17-15(13)10-14/h6-12,17H,2-5H2,1H3,(H,18,19). The van der Waals surface area contributed by atoms with Crippen molar-refractivity contribution in [3.05, 3.63) is 36.0 Å². The van der Waals surface area contributed by atoms with Crippen molar-refractivity contribution in [1.29, 1.82) is 0 Å². The average molecular weight is 256 g/mol. The lowest BCUT2D eigenvalue weighted by Crippen LogP contribution is -2.37. The van der Waals surface area contributed by atoms with E-state index in [0.717, 1.165) is 16.5 Å². The van der Waals surface area contributed by atoms with Crippen molar-refractivity contribution >= 4 is 16.8 Å². The molecule has 2 N–H and O–H groups in total. The quantitative estimate of drug-likeness (QED) is 0.867. The van der Waals surface area contributed by atoms with Crippen LogP contribution < -0.4 is 5.32 Å². The Morgan fingerprint density at radius 2 is 2.11 bits per heavy atom. The number of H-pyrrole nitrogens is 1. The van der Waals surface area contributed by atoms with E-state index in [9.17, 15) is 4.79 Å². The van der Waals surface area contributed by atoms with Gasteiger partial charge in [-0.3, -0.25) is 4.79 Å². The van der Waals surface area contributed by atoms with E-state index in [1.54, 1.807) is 0 Å². The minimum atomic E-state index is 0.0379. The molecular weight excluding hydrogens is 236 g/mol. The fourth-order valence-electron chi connectivity index (χ4n) is 3.05. The zero-order chi connectivity index (χ0) is 13.2. The van der Waals surface area contributed by atoms with Gasteiger partial charge in [0.1, 0.15) is 0 Å². The lowest BCUT2D eigenvalue weighted by Gasteiger charge is -2.20. The number of hydrogen-bond donors (Lipinski definition) is 2. The van der Waals surface area contributed by atoms with Gasteiger partial charge in [-0.05, 0) is 49.3 Å². The minimum Gasteiger partial charge on any atom is -0.361 e. The molecule has 1 atom stereocenters. The Bertz CT molecular complexity index is 581. The number of carbonyl (C=O) groups is 1. The van der Waals surface area contributed by atoms with Crippen LogP contribution in [0, 0.1) is 5.92 Å². The predicted octanol–water partition coefficient (Wildman–Crippen LogP) is 3.48. The molecule has 1 saturated carbocycles. The maximum atomic E-state index is 12.3. The molecule has 0 aliphatic heterocycles. The lowest BCUT2D eigenvalue weighted by molar-refractivity contribution is 0.0927. The Labute approximate surface area is 113 Å². The summed E-state index contributed by atoms with van der Waals surface area (Å²) >= 11 is 0. The third-order valence-corrected chi connectivity index (χ3v) is 4.28. The monoisotopic (exact) mass is 256 g/mol. The minimum absolute atomic E-state index is 0.0379. The third-order valence-electron chi connectivity index (χ3n) is 4.28. The van der Waals surface area contributed by atoms with E-state index >= 15 is 0 Å². The molecule has 0 spiro atoms. The Kier molecular flexibility index (Phi) is 3.28. The molecule has 100 valence electrons. The lowest BCUT2D eigenvalue weighted by atomic mass is 9.99. The summed E-state index contributed by atoms with van der Waals surface area (Å²) in [6.07, 6.45) is 7.00. The summed E-state index contributed by atoms with van der Waals surface area (Å²) in [5, 5.41) is 4.28. The van der Waals surface area contributed by atoms with Gasteiger partial charge >= 0.3 is 0 Å². The molecule has 0 bridgehead atoms. The van der Waals surface area contributed by atoms with Crippen molar-refractivity contribution in [3.8, 4) is 0 Å². The van der Waals surface area contributed by atoms with Gasteiger partial charge in [0.15, 0.2) is 0 Å². The van der Waals surface area contributed by atoms with Gasteiger partial charge in [-0.1, -0.05) is 18.9 Å². The maximum absolute atomic E-state index is 12.3. The second kappa shape index (κ2) is 5.08. The molecule has 3 nitrogen and oxygen atoms in total. The van der Waals surface area contributed by atoms with Crippen LogP contribution in [0.2, 0.25) is 0 Å². The topological polar surface area (TPSA) is 44.9 Å². The zero-order valence-corrected chi connectivity index (χ0v) is 11.3. The molecule has 0 saturated heterocycles. The fraction of sp³-hybridized carbons (Fsp3) is 0.438. The number of carbonyl (C=O) groups excluding carboxylic acids is 1. The number of aromatic nitrogens is 1. The van der Waals surface area contributed by atoms with Crippen molar-refractivity contribution in [2.24, 2.45) is 5.92 Å². The Hall–Kier alpha value is -1.77. The molecule has 19 heavy (non-hydrogen) atoms. The van der Waals surface area contributed by atoms with Gasteiger partial charge in [-0.2, -0.15) is 0 Å². The van der Waals surface area contributed by atoms with Crippen LogP contribution >= 0.6 is 0 Å². The molecule has 1 aliphatic rings. The summed E-state index contributed by atoms with van der Waals surface area (Å²) in [5.74, 6) is 0.689. The van der Waals surface area contributed by atoms with E-state index in [1.165, 1.54) is 25.7 Å². The van der Waals surface area contributed by atoms with Gasteiger partial charge in [0.25, 0.3) is 5.91 Å². The molecule has 1 amide bonds. The first-order valence-electron chi connectivity index (χ1n) is 7.12. The van der Waals surface area contributed by atoms with E-state index in [2.05, 4.69) is 17.2 Å². The number of amides is 1. The number of fused-ring (bicyclic) bond motifs is 1. The first kappa shape index (κ1) is 12.3. The average Bonchev–Trinajstić information content (AvgIpc) is 3.09. The maximum Gasteiger partial charge on any atom is 0.251 e. The first-order valence-corrected chi connectivity index (χ1v) is 7.12. The molecular formula is C16H20N2O. The number of aromatic amines is 1. The van der Waals surface area contributed by atoms with Crippen LogP contribution in [0.5, 0.6) is 0 Å². The summed E-state index contributed by atoms with van der Waals surface area (Å²) in [7, 11) is 0. The van der Waals surface area contributed by atoms with Gasteiger partial charge in [0.2, 0.25) is 0 Å². The molecule has 0 radical (unpaired) electrons. The second-order valence-electron chi connectivity index (χ2n) is 5.59. The molecule has 1 unspecified atom stereocenters. The van der Waals surface area contributed by atoms with E-state index in [0.29, 0.717) is 5.92 Å². The normalized spacial score (nSPS) is 17.7. The van der Waals surface area contributed by atoms with Gasteiger partial charge in [-0.25, -0.2) is 0 Å². The van der Waals surface area contributed by atoms with Crippen LogP contribution in [0.25, 0.3) is 10.9 Å². The molecule has 3 rings (SSSR count). The summed E-state index contributed by atoms with van der Waals surface area (Å²) in [6.45, 7) is 2.13. The molecule has 3 heteroatoms. The van der Waals surface area contributed by atoms with Crippen molar-refractivity contribution in [1.82, 2.24) is 10.3 Å². The van der Waals surface area contributed by atoms with Crippen LogP contribution in [0.15, 0.2) is 30.5 Å². The first-order chi connectivity index (χ1) is 9.24. The molecule has 1 heterocycles. The second-order valence-corrected chi connectivity index (χ2v) is 5.59. The van der Waals surface area contributed by atoms with Crippen LogP contribution in [0.4, 0.5) is 0 Å². The highest BCUT2D eigenvalue weighted by Gasteiger charge is 2.23. The Morgan fingerprint density at radius 1 is 1.32 bits per heavy atom. The summed E-state index contributed by atoms with van der Waals surface area (Å²) < 4.78 is 0. The van der Waals surface area contributed by atoms with Gasteiger partial charge < -0.3 is 10.3 Å². The smallest absolute Gasteiger partial charge is 0.251 e.